The lowest BCUT2D eigenvalue weighted by atomic mass is 9.62. The average molecular weight is 474 g/mol. The van der Waals surface area contributed by atoms with Crippen LogP contribution in [-0.4, -0.2) is 29.0 Å². The minimum Gasteiger partial charge on any atom is -0.456 e. The van der Waals surface area contributed by atoms with Crippen LogP contribution in [0.4, 0.5) is 0 Å². The summed E-state index contributed by atoms with van der Waals surface area (Å²) in [6, 6.07) is 17.4. The largest absolute Gasteiger partial charge is 0.456 e. The first-order valence-corrected chi connectivity index (χ1v) is 12.6. The highest BCUT2D eigenvalue weighted by atomic mass is 16.4. The molecule has 0 saturated carbocycles. The molecular formula is C31H39NO3. The van der Waals surface area contributed by atoms with Crippen molar-refractivity contribution in [3.63, 3.8) is 0 Å². The number of nitrogens with zero attached hydrogens (tertiary/aromatic N) is 1. The second-order valence-electron chi connectivity index (χ2n) is 11.5. The number of furan rings is 1. The van der Waals surface area contributed by atoms with E-state index in [9.17, 15) is 9.90 Å². The van der Waals surface area contributed by atoms with Gasteiger partial charge in [-0.25, -0.2) is 0 Å². The van der Waals surface area contributed by atoms with Crippen LogP contribution in [0.5, 0.6) is 0 Å². The van der Waals surface area contributed by atoms with E-state index < -0.39 is 12.1 Å². The lowest BCUT2D eigenvalue weighted by molar-refractivity contribution is 0.0460. The molecule has 2 atom stereocenters. The van der Waals surface area contributed by atoms with Crippen molar-refractivity contribution < 1.29 is 14.3 Å². The highest BCUT2D eigenvalue weighted by Crippen LogP contribution is 2.46. The van der Waals surface area contributed by atoms with Crippen molar-refractivity contribution in [2.75, 3.05) is 7.05 Å². The molecule has 1 amide bonds. The van der Waals surface area contributed by atoms with Crippen LogP contribution in [0.2, 0.25) is 0 Å². The first-order valence-electron chi connectivity index (χ1n) is 12.6. The van der Waals surface area contributed by atoms with Crippen LogP contribution in [0, 0.1) is 6.92 Å². The van der Waals surface area contributed by atoms with Crippen LogP contribution in [0.15, 0.2) is 59.0 Å². The van der Waals surface area contributed by atoms with Gasteiger partial charge in [0.05, 0.1) is 12.1 Å². The summed E-state index contributed by atoms with van der Waals surface area (Å²) >= 11 is 0. The molecule has 4 nitrogen and oxygen atoms in total. The maximum absolute atomic E-state index is 13.1. The Morgan fingerprint density at radius 3 is 2.23 bits per heavy atom. The predicted octanol–water partition coefficient (Wildman–Crippen LogP) is 6.72. The number of likely N-dealkylation sites (N-methyl/N-ethyl adjacent to an activating group) is 1. The molecule has 186 valence electrons. The van der Waals surface area contributed by atoms with Crippen LogP contribution in [0.25, 0.3) is 0 Å². The number of aliphatic hydroxyl groups is 1. The topological polar surface area (TPSA) is 53.7 Å². The molecule has 0 radical (unpaired) electrons. The van der Waals surface area contributed by atoms with Gasteiger partial charge in [-0.15, -0.1) is 0 Å². The summed E-state index contributed by atoms with van der Waals surface area (Å²) in [6.45, 7) is 13.4. The van der Waals surface area contributed by atoms with Crippen LogP contribution < -0.4 is 0 Å². The summed E-state index contributed by atoms with van der Waals surface area (Å²) in [5, 5.41) is 10.7. The molecule has 1 aromatic heterocycles. The van der Waals surface area contributed by atoms with E-state index in [0.29, 0.717) is 12.2 Å². The number of aliphatic hydroxyl groups excluding tert-OH is 1. The Balaban J connectivity index is 1.53. The molecule has 1 heterocycles. The number of benzene rings is 2. The maximum Gasteiger partial charge on any atom is 0.289 e. The van der Waals surface area contributed by atoms with Gasteiger partial charge in [0.25, 0.3) is 5.91 Å². The van der Waals surface area contributed by atoms with Crippen LogP contribution in [0.1, 0.15) is 97.7 Å². The number of fused-ring (bicyclic) bond motifs is 1. The van der Waals surface area contributed by atoms with E-state index in [0.717, 1.165) is 11.3 Å². The summed E-state index contributed by atoms with van der Waals surface area (Å²) in [7, 11) is 1.71. The van der Waals surface area contributed by atoms with Crippen molar-refractivity contribution in [3.05, 3.63) is 93.9 Å². The standard InChI is InChI=1S/C31H39NO3/c1-20-17-25-26(31(5,6)16-15-30(25,3)4)19-23(20)18-24-13-14-27(35-24)29(34)32(7)21(2)28(33)22-11-9-8-10-12-22/h8-14,17,19,21,28,33H,15-16,18H2,1-7H3/t21-,28+/m0/s1. The van der Waals surface area contributed by atoms with Gasteiger partial charge in [0.2, 0.25) is 0 Å². The van der Waals surface area contributed by atoms with Crippen LogP contribution in [0.3, 0.4) is 0 Å². The fourth-order valence-corrected chi connectivity index (χ4v) is 5.23. The van der Waals surface area contributed by atoms with E-state index in [-0.39, 0.29) is 16.7 Å². The number of aryl methyl sites for hydroxylation is 1. The molecular weight excluding hydrogens is 434 g/mol. The molecule has 0 aliphatic heterocycles. The molecule has 0 unspecified atom stereocenters. The first-order chi connectivity index (χ1) is 16.4. The van der Waals surface area contributed by atoms with E-state index >= 15 is 0 Å². The third-order valence-corrected chi connectivity index (χ3v) is 8.08. The van der Waals surface area contributed by atoms with Gasteiger partial charge in [-0.05, 0) is 77.5 Å². The van der Waals surface area contributed by atoms with Crippen molar-refractivity contribution in [2.45, 2.75) is 83.8 Å². The molecule has 0 spiro atoms. The monoisotopic (exact) mass is 473 g/mol. The molecule has 0 saturated heterocycles. The fraction of sp³-hybridized carbons (Fsp3) is 0.452. The van der Waals surface area contributed by atoms with E-state index in [4.69, 9.17) is 4.42 Å². The van der Waals surface area contributed by atoms with Gasteiger partial charge in [0, 0.05) is 13.5 Å². The molecule has 1 N–H and O–H groups in total. The highest BCUT2D eigenvalue weighted by Gasteiger charge is 2.37. The van der Waals surface area contributed by atoms with Crippen molar-refractivity contribution in [1.82, 2.24) is 4.90 Å². The Morgan fingerprint density at radius 2 is 1.60 bits per heavy atom. The quantitative estimate of drug-likeness (QED) is 0.432. The number of carbonyl (C=O) groups is 1. The van der Waals surface area contributed by atoms with Crippen molar-refractivity contribution in [1.29, 1.82) is 0 Å². The van der Waals surface area contributed by atoms with Crippen molar-refractivity contribution in [2.24, 2.45) is 0 Å². The number of hydrogen-bond donors (Lipinski definition) is 1. The highest BCUT2D eigenvalue weighted by molar-refractivity contribution is 5.91. The first kappa shape index (κ1) is 25.2. The molecule has 0 bridgehead atoms. The van der Waals surface area contributed by atoms with Gasteiger partial charge >= 0.3 is 0 Å². The maximum atomic E-state index is 13.1. The van der Waals surface area contributed by atoms with Gasteiger partial charge in [-0.2, -0.15) is 0 Å². The molecule has 35 heavy (non-hydrogen) atoms. The summed E-state index contributed by atoms with van der Waals surface area (Å²) in [4.78, 5) is 14.7. The molecule has 4 rings (SSSR count). The number of amides is 1. The third kappa shape index (κ3) is 4.95. The zero-order valence-corrected chi connectivity index (χ0v) is 22.2. The summed E-state index contributed by atoms with van der Waals surface area (Å²) in [5.41, 5.74) is 6.51. The van der Waals surface area contributed by atoms with Crippen molar-refractivity contribution >= 4 is 5.91 Å². The number of carbonyl (C=O) groups excluding carboxylic acids is 1. The van der Waals surface area contributed by atoms with E-state index in [1.54, 1.807) is 18.0 Å². The second-order valence-corrected chi connectivity index (χ2v) is 11.5. The molecule has 3 aromatic rings. The van der Waals surface area contributed by atoms with E-state index in [2.05, 4.69) is 46.8 Å². The molecule has 1 aliphatic carbocycles. The molecule has 4 heteroatoms. The minimum atomic E-state index is -0.773. The molecule has 2 aromatic carbocycles. The van der Waals surface area contributed by atoms with Gasteiger partial charge in [-0.1, -0.05) is 70.2 Å². The minimum absolute atomic E-state index is 0.149. The Kier molecular flexibility index (Phi) is 6.72. The van der Waals surface area contributed by atoms with Gasteiger partial charge < -0.3 is 14.4 Å². The third-order valence-electron chi connectivity index (χ3n) is 8.08. The average Bonchev–Trinajstić information content (AvgIpc) is 3.30. The molecule has 1 aliphatic rings. The summed E-state index contributed by atoms with van der Waals surface area (Å²) in [6.07, 6.45) is 2.24. The van der Waals surface area contributed by atoms with E-state index in [1.807, 2.05) is 43.3 Å². The van der Waals surface area contributed by atoms with Gasteiger partial charge in [0.1, 0.15) is 5.76 Å². The Hall–Kier alpha value is -2.85. The number of hydrogen-bond acceptors (Lipinski definition) is 3. The second kappa shape index (κ2) is 9.31. The fourth-order valence-electron chi connectivity index (χ4n) is 5.23. The SMILES string of the molecule is Cc1cc2c(cc1Cc1ccc(C(=O)N(C)[C@@H](C)[C@@H](O)c3ccccc3)o1)C(C)(C)CCC2(C)C. The summed E-state index contributed by atoms with van der Waals surface area (Å²) < 4.78 is 6.03. The zero-order valence-electron chi connectivity index (χ0n) is 22.2. The number of rotatable bonds is 6. The Labute approximate surface area is 210 Å². The smallest absolute Gasteiger partial charge is 0.289 e. The van der Waals surface area contributed by atoms with E-state index in [1.165, 1.54) is 35.1 Å². The van der Waals surface area contributed by atoms with Gasteiger partial charge in [-0.3, -0.25) is 4.79 Å². The van der Waals surface area contributed by atoms with Crippen LogP contribution >= 0.6 is 0 Å². The van der Waals surface area contributed by atoms with Crippen LogP contribution in [-0.2, 0) is 17.3 Å². The van der Waals surface area contributed by atoms with Crippen molar-refractivity contribution in [3.8, 4) is 0 Å². The zero-order chi connectivity index (χ0) is 25.5. The normalized spacial score (nSPS) is 17.9. The Morgan fingerprint density at radius 1 is 1.00 bits per heavy atom. The lowest BCUT2D eigenvalue weighted by Gasteiger charge is -2.42. The Bertz CT molecular complexity index is 1210. The molecule has 0 fully saturated rings. The predicted molar refractivity (Wildman–Crippen MR) is 141 cm³/mol. The van der Waals surface area contributed by atoms with Gasteiger partial charge in [0.15, 0.2) is 5.76 Å². The summed E-state index contributed by atoms with van der Waals surface area (Å²) in [5.74, 6) is 0.837. The lowest BCUT2D eigenvalue weighted by Crippen LogP contribution is -2.38.